The largest absolute Gasteiger partial charge is 0.462 e. The molecule has 2 fully saturated rings. The van der Waals surface area contributed by atoms with Crippen molar-refractivity contribution in [2.45, 2.75) is 23.8 Å². The van der Waals surface area contributed by atoms with Gasteiger partial charge in [-0.15, -0.1) is 11.8 Å². The zero-order valence-corrected chi connectivity index (χ0v) is 17.8. The number of esters is 1. The monoisotopic (exact) mass is 454 g/mol. The number of hydrogen-bond donors (Lipinski definition) is 0. The summed E-state index contributed by atoms with van der Waals surface area (Å²) in [6, 6.07) is 11.8. The van der Waals surface area contributed by atoms with Gasteiger partial charge in [0.15, 0.2) is 0 Å². The fourth-order valence-electron chi connectivity index (χ4n) is 4.60. The third-order valence-corrected chi connectivity index (χ3v) is 7.73. The molecule has 32 heavy (non-hydrogen) atoms. The van der Waals surface area contributed by atoms with Crippen LogP contribution in [0.2, 0.25) is 0 Å². The lowest BCUT2D eigenvalue weighted by Gasteiger charge is -2.33. The molecule has 3 aliphatic rings. The molecule has 3 aliphatic heterocycles. The predicted molar refractivity (Wildman–Crippen MR) is 113 cm³/mol. The SMILES string of the molecule is O=C(OCCN1C(=O)c2ccccc2C1=O)[C@@H]1CS[C@]2(c3ccc(F)cc3)CCC(=O)N12. The summed E-state index contributed by atoms with van der Waals surface area (Å²) >= 11 is 1.47. The van der Waals surface area contributed by atoms with Gasteiger partial charge in [-0.1, -0.05) is 24.3 Å². The molecule has 2 aromatic rings. The Labute approximate surface area is 187 Å². The Balaban J connectivity index is 1.26. The minimum absolute atomic E-state index is 0.0605. The molecular formula is C23H19FN2O5S. The summed E-state index contributed by atoms with van der Waals surface area (Å²) < 4.78 is 18.8. The number of fused-ring (bicyclic) bond motifs is 2. The van der Waals surface area contributed by atoms with Crippen LogP contribution >= 0.6 is 11.8 Å². The number of hydrogen-bond acceptors (Lipinski definition) is 6. The molecule has 0 radical (unpaired) electrons. The first-order chi connectivity index (χ1) is 15.4. The lowest BCUT2D eigenvalue weighted by molar-refractivity contribution is -0.154. The average Bonchev–Trinajstić information content (AvgIpc) is 3.42. The molecule has 0 bridgehead atoms. The number of imide groups is 1. The smallest absolute Gasteiger partial charge is 0.329 e. The Kier molecular flexibility index (Phi) is 5.00. The summed E-state index contributed by atoms with van der Waals surface area (Å²) in [5, 5.41) is 0. The van der Waals surface area contributed by atoms with Crippen LogP contribution in [0.15, 0.2) is 48.5 Å². The number of carbonyl (C=O) groups is 4. The van der Waals surface area contributed by atoms with Crippen molar-refractivity contribution in [3.8, 4) is 0 Å². The third-order valence-electron chi connectivity index (χ3n) is 6.13. The quantitative estimate of drug-likeness (QED) is 0.510. The van der Waals surface area contributed by atoms with Crippen molar-refractivity contribution in [2.24, 2.45) is 0 Å². The van der Waals surface area contributed by atoms with Crippen LogP contribution in [0.5, 0.6) is 0 Å². The van der Waals surface area contributed by atoms with Crippen molar-refractivity contribution in [1.82, 2.24) is 9.80 Å². The van der Waals surface area contributed by atoms with Crippen LogP contribution in [0.3, 0.4) is 0 Å². The first-order valence-electron chi connectivity index (χ1n) is 10.3. The first-order valence-corrected chi connectivity index (χ1v) is 11.2. The highest BCUT2D eigenvalue weighted by Gasteiger charge is 2.57. The maximum atomic E-state index is 13.4. The van der Waals surface area contributed by atoms with E-state index in [0.717, 1.165) is 10.5 Å². The zero-order valence-electron chi connectivity index (χ0n) is 17.0. The number of carbonyl (C=O) groups excluding carboxylic acids is 4. The molecule has 2 saturated heterocycles. The third kappa shape index (κ3) is 3.10. The predicted octanol–water partition coefficient (Wildman–Crippen LogP) is 2.56. The summed E-state index contributed by atoms with van der Waals surface area (Å²) in [6.45, 7) is -0.216. The number of ether oxygens (including phenoxy) is 1. The Hall–Kier alpha value is -3.20. The lowest BCUT2D eigenvalue weighted by Crippen LogP contribution is -2.47. The second kappa shape index (κ2) is 7.74. The van der Waals surface area contributed by atoms with Crippen molar-refractivity contribution in [1.29, 1.82) is 0 Å². The zero-order chi connectivity index (χ0) is 22.5. The minimum atomic E-state index is -0.776. The summed E-state index contributed by atoms with van der Waals surface area (Å²) in [7, 11) is 0. The van der Waals surface area contributed by atoms with Gasteiger partial charge in [0, 0.05) is 12.2 Å². The Morgan fingerprint density at radius 3 is 2.38 bits per heavy atom. The van der Waals surface area contributed by atoms with Gasteiger partial charge in [-0.2, -0.15) is 0 Å². The highest BCUT2D eigenvalue weighted by molar-refractivity contribution is 8.00. The molecule has 2 aromatic carbocycles. The van der Waals surface area contributed by atoms with Gasteiger partial charge >= 0.3 is 5.97 Å². The molecule has 0 aromatic heterocycles. The van der Waals surface area contributed by atoms with Gasteiger partial charge in [0.05, 0.1) is 17.7 Å². The van der Waals surface area contributed by atoms with Gasteiger partial charge in [-0.05, 0) is 36.2 Å². The maximum Gasteiger partial charge on any atom is 0.329 e. The molecule has 164 valence electrons. The second-order valence-corrected chi connectivity index (χ2v) is 9.15. The Morgan fingerprint density at radius 1 is 1.06 bits per heavy atom. The van der Waals surface area contributed by atoms with E-state index in [1.54, 1.807) is 41.3 Å². The van der Waals surface area contributed by atoms with Crippen molar-refractivity contribution in [3.05, 3.63) is 71.0 Å². The summed E-state index contributed by atoms with van der Waals surface area (Å²) in [6.07, 6.45) is 0.824. The fourth-order valence-corrected chi connectivity index (χ4v) is 6.24. The number of rotatable bonds is 5. The molecule has 0 spiro atoms. The van der Waals surface area contributed by atoms with E-state index in [2.05, 4.69) is 0 Å². The molecule has 5 rings (SSSR count). The van der Waals surface area contributed by atoms with E-state index in [0.29, 0.717) is 29.7 Å². The molecule has 9 heteroatoms. The molecule has 7 nitrogen and oxygen atoms in total. The number of halogens is 1. The van der Waals surface area contributed by atoms with Gasteiger partial charge < -0.3 is 9.64 Å². The first kappa shape index (κ1) is 20.7. The van der Waals surface area contributed by atoms with Crippen LogP contribution in [0.25, 0.3) is 0 Å². The van der Waals surface area contributed by atoms with E-state index in [-0.39, 0.29) is 24.9 Å². The Bertz CT molecular complexity index is 1100. The highest BCUT2D eigenvalue weighted by Crippen LogP contribution is 2.54. The summed E-state index contributed by atoms with van der Waals surface area (Å²) in [5.41, 5.74) is 1.45. The van der Waals surface area contributed by atoms with E-state index in [4.69, 9.17) is 4.74 Å². The van der Waals surface area contributed by atoms with Crippen molar-refractivity contribution < 1.29 is 28.3 Å². The summed E-state index contributed by atoms with van der Waals surface area (Å²) in [4.78, 5) is 52.3. The average molecular weight is 454 g/mol. The van der Waals surface area contributed by atoms with Crippen molar-refractivity contribution >= 4 is 35.5 Å². The van der Waals surface area contributed by atoms with Gasteiger partial charge in [0.2, 0.25) is 5.91 Å². The van der Waals surface area contributed by atoms with Gasteiger partial charge in [-0.3, -0.25) is 19.3 Å². The standard InChI is InChI=1S/C23H19FN2O5S/c24-15-7-5-14(6-8-15)23-10-9-19(27)26(23)18(13-32-23)22(30)31-12-11-25-20(28)16-3-1-2-4-17(16)21(25)29/h1-8,18H,9-13H2/t18-,23-/m0/s1. The molecule has 2 atom stereocenters. The lowest BCUT2D eigenvalue weighted by atomic mass is 10.0. The molecule has 0 N–H and O–H groups in total. The van der Waals surface area contributed by atoms with E-state index in [9.17, 15) is 23.6 Å². The second-order valence-electron chi connectivity index (χ2n) is 7.86. The number of amides is 3. The van der Waals surface area contributed by atoms with Crippen molar-refractivity contribution in [3.63, 3.8) is 0 Å². The van der Waals surface area contributed by atoms with E-state index in [1.165, 1.54) is 23.9 Å². The number of nitrogens with zero attached hydrogens (tertiary/aromatic N) is 2. The van der Waals surface area contributed by atoms with Crippen LogP contribution in [-0.4, -0.2) is 58.4 Å². The summed E-state index contributed by atoms with van der Waals surface area (Å²) in [5.74, 6) is -1.57. The van der Waals surface area contributed by atoms with Crippen LogP contribution in [0, 0.1) is 5.82 Å². The Morgan fingerprint density at radius 2 is 1.72 bits per heavy atom. The van der Waals surface area contributed by atoms with Crippen LogP contribution in [0.1, 0.15) is 39.1 Å². The number of benzene rings is 2. The molecule has 0 aliphatic carbocycles. The normalized spacial score (nSPS) is 24.2. The molecular weight excluding hydrogens is 435 g/mol. The van der Waals surface area contributed by atoms with Gasteiger partial charge in [-0.25, -0.2) is 9.18 Å². The van der Waals surface area contributed by atoms with Crippen molar-refractivity contribution in [2.75, 3.05) is 18.9 Å². The van der Waals surface area contributed by atoms with E-state index < -0.39 is 28.7 Å². The van der Waals surface area contributed by atoms with Gasteiger partial charge in [0.1, 0.15) is 23.3 Å². The molecule has 0 saturated carbocycles. The molecule has 0 unspecified atom stereocenters. The van der Waals surface area contributed by atoms with Crippen LogP contribution < -0.4 is 0 Å². The topological polar surface area (TPSA) is 84.0 Å². The highest BCUT2D eigenvalue weighted by atomic mass is 32.2. The van der Waals surface area contributed by atoms with Crippen LogP contribution in [-0.2, 0) is 19.2 Å². The van der Waals surface area contributed by atoms with E-state index in [1.807, 2.05) is 0 Å². The number of thioether (sulfide) groups is 1. The molecule has 3 amide bonds. The van der Waals surface area contributed by atoms with Gasteiger partial charge in [0.25, 0.3) is 11.8 Å². The minimum Gasteiger partial charge on any atom is -0.462 e. The molecule has 3 heterocycles. The maximum absolute atomic E-state index is 13.4. The fraction of sp³-hybridized carbons (Fsp3) is 0.304. The van der Waals surface area contributed by atoms with Crippen LogP contribution in [0.4, 0.5) is 4.39 Å². The van der Waals surface area contributed by atoms with E-state index >= 15 is 0 Å².